The van der Waals surface area contributed by atoms with Crippen molar-refractivity contribution in [1.29, 1.82) is 0 Å². The van der Waals surface area contributed by atoms with Crippen LogP contribution in [0, 0.1) is 6.92 Å². The Morgan fingerprint density at radius 1 is 1.20 bits per heavy atom. The predicted octanol–water partition coefficient (Wildman–Crippen LogP) is 0.377. The van der Waals surface area contributed by atoms with Gasteiger partial charge in [-0.1, -0.05) is 35.9 Å². The van der Waals surface area contributed by atoms with E-state index in [1.807, 2.05) is 31.2 Å². The standard InChI is InChI=1S/C22H24N2O4S.Na.H/c1-15-6-9-17(10-7-15)29(27,28)23-16-8-11-21-19(14-16)18-4-2-3-5-20(18)24(21)13-12-22(25)26;;/h2-7,9-10,16,23H,8,11-14H2,1H3,(H,25,26);;/q;+1;-1. The molecule has 0 aliphatic heterocycles. The van der Waals surface area contributed by atoms with Gasteiger partial charge in [-0.2, -0.15) is 0 Å². The van der Waals surface area contributed by atoms with E-state index in [0.717, 1.165) is 27.7 Å². The number of benzene rings is 2. The summed E-state index contributed by atoms with van der Waals surface area (Å²) in [5, 5.41) is 10.2. The topological polar surface area (TPSA) is 88.4 Å². The van der Waals surface area contributed by atoms with Gasteiger partial charge in [0.15, 0.2) is 0 Å². The Bertz CT molecular complexity index is 1180. The Balaban J connectivity index is 0.00000171. The van der Waals surface area contributed by atoms with E-state index in [2.05, 4.69) is 9.29 Å². The molecule has 8 heteroatoms. The maximum atomic E-state index is 12.8. The van der Waals surface area contributed by atoms with E-state index in [-0.39, 0.29) is 48.3 Å². The van der Waals surface area contributed by atoms with Crippen molar-refractivity contribution in [3.05, 3.63) is 65.4 Å². The van der Waals surface area contributed by atoms with Gasteiger partial charge in [0.2, 0.25) is 10.0 Å². The van der Waals surface area contributed by atoms with Crippen molar-refractivity contribution in [3.63, 3.8) is 0 Å². The summed E-state index contributed by atoms with van der Waals surface area (Å²) in [6.45, 7) is 2.34. The van der Waals surface area contributed by atoms with E-state index in [4.69, 9.17) is 5.11 Å². The van der Waals surface area contributed by atoms with Gasteiger partial charge < -0.3 is 11.1 Å². The van der Waals surface area contributed by atoms with Crippen molar-refractivity contribution >= 4 is 26.9 Å². The quantitative estimate of drug-likeness (QED) is 0.547. The molecule has 0 saturated heterocycles. The summed E-state index contributed by atoms with van der Waals surface area (Å²) in [4.78, 5) is 11.3. The first-order valence-electron chi connectivity index (χ1n) is 9.75. The predicted molar refractivity (Wildman–Crippen MR) is 113 cm³/mol. The maximum absolute atomic E-state index is 12.8. The first kappa shape index (κ1) is 23.0. The molecule has 0 amide bonds. The summed E-state index contributed by atoms with van der Waals surface area (Å²) in [6.07, 6.45) is 2.06. The molecule has 0 fully saturated rings. The fourth-order valence-corrected chi connectivity index (χ4v) is 5.44. The Labute approximate surface area is 200 Å². The average molecular weight is 437 g/mol. The number of hydrogen-bond donors (Lipinski definition) is 2. The van der Waals surface area contributed by atoms with Crippen LogP contribution in [0.4, 0.5) is 0 Å². The van der Waals surface area contributed by atoms with Crippen molar-refractivity contribution in [2.24, 2.45) is 0 Å². The fourth-order valence-electron chi connectivity index (χ4n) is 4.17. The van der Waals surface area contributed by atoms with Crippen molar-refractivity contribution in [2.75, 3.05) is 0 Å². The summed E-state index contributed by atoms with van der Waals surface area (Å²) in [7, 11) is -3.58. The number of fused-ring (bicyclic) bond motifs is 3. The van der Waals surface area contributed by atoms with Crippen molar-refractivity contribution in [1.82, 2.24) is 9.29 Å². The Morgan fingerprint density at radius 3 is 2.60 bits per heavy atom. The number of hydrogen-bond acceptors (Lipinski definition) is 3. The molecule has 30 heavy (non-hydrogen) atoms. The molecule has 0 saturated carbocycles. The maximum Gasteiger partial charge on any atom is 1.00 e. The van der Waals surface area contributed by atoms with E-state index in [0.29, 0.717) is 25.8 Å². The number of aliphatic carboxylic acids is 1. The van der Waals surface area contributed by atoms with Crippen LogP contribution in [0.1, 0.15) is 31.1 Å². The number of carbonyl (C=O) groups is 1. The van der Waals surface area contributed by atoms with Gasteiger partial charge in [0.1, 0.15) is 0 Å². The Morgan fingerprint density at radius 2 is 1.90 bits per heavy atom. The molecule has 0 spiro atoms. The third-order valence-electron chi connectivity index (χ3n) is 5.58. The molecule has 1 aliphatic rings. The first-order valence-corrected chi connectivity index (χ1v) is 11.2. The van der Waals surface area contributed by atoms with Crippen LogP contribution in [0.15, 0.2) is 53.4 Å². The molecule has 6 nitrogen and oxygen atoms in total. The number of aryl methyl sites for hydroxylation is 2. The molecule has 4 rings (SSSR count). The van der Waals surface area contributed by atoms with Gasteiger partial charge in [-0.15, -0.1) is 0 Å². The van der Waals surface area contributed by atoms with E-state index >= 15 is 0 Å². The van der Waals surface area contributed by atoms with Crippen LogP contribution in [0.5, 0.6) is 0 Å². The third-order valence-corrected chi connectivity index (χ3v) is 7.11. The summed E-state index contributed by atoms with van der Waals surface area (Å²) in [6, 6.07) is 14.6. The van der Waals surface area contributed by atoms with Crippen molar-refractivity contribution < 1.29 is 49.3 Å². The van der Waals surface area contributed by atoms with Crippen LogP contribution in [0.3, 0.4) is 0 Å². The van der Waals surface area contributed by atoms with Crippen LogP contribution in [0.25, 0.3) is 10.9 Å². The minimum atomic E-state index is -3.58. The van der Waals surface area contributed by atoms with Gasteiger partial charge in [-0.25, -0.2) is 13.1 Å². The number of sulfonamides is 1. The zero-order valence-corrected chi connectivity index (χ0v) is 20.1. The molecule has 1 aromatic heterocycles. The van der Waals surface area contributed by atoms with E-state index in [1.54, 1.807) is 24.3 Å². The minimum absolute atomic E-state index is 0. The van der Waals surface area contributed by atoms with E-state index < -0.39 is 16.0 Å². The molecule has 2 aromatic carbocycles. The number of rotatable bonds is 6. The smallest absolute Gasteiger partial charge is 1.00 e. The average Bonchev–Trinajstić information content (AvgIpc) is 2.99. The van der Waals surface area contributed by atoms with Crippen LogP contribution in [0.2, 0.25) is 0 Å². The Kier molecular flexibility index (Phi) is 7.09. The number of carboxylic acid groups (broad SMARTS) is 1. The monoisotopic (exact) mass is 436 g/mol. The van der Waals surface area contributed by atoms with Gasteiger partial charge in [0, 0.05) is 29.2 Å². The summed E-state index contributed by atoms with van der Waals surface area (Å²) >= 11 is 0. The molecular weight excluding hydrogens is 411 g/mol. The van der Waals surface area contributed by atoms with Crippen LogP contribution in [-0.4, -0.2) is 30.1 Å². The summed E-state index contributed by atoms with van der Waals surface area (Å²) in [5.74, 6) is -0.823. The number of carboxylic acids is 1. The summed E-state index contributed by atoms with van der Waals surface area (Å²) in [5.41, 5.74) is 4.27. The van der Waals surface area contributed by atoms with Gasteiger partial charge in [-0.05, 0) is 49.9 Å². The van der Waals surface area contributed by atoms with Gasteiger partial charge >= 0.3 is 35.5 Å². The molecule has 0 radical (unpaired) electrons. The molecule has 1 aliphatic carbocycles. The molecule has 1 unspecified atom stereocenters. The van der Waals surface area contributed by atoms with E-state index in [9.17, 15) is 13.2 Å². The minimum Gasteiger partial charge on any atom is -1.00 e. The molecule has 2 N–H and O–H groups in total. The van der Waals surface area contributed by atoms with E-state index in [1.165, 1.54) is 0 Å². The molecule has 3 aromatic rings. The third kappa shape index (κ3) is 4.65. The number of nitrogens with zero attached hydrogens (tertiary/aromatic N) is 1. The molecule has 0 bridgehead atoms. The zero-order chi connectivity index (χ0) is 20.6. The van der Waals surface area contributed by atoms with Crippen LogP contribution < -0.4 is 34.3 Å². The molecule has 154 valence electrons. The largest absolute Gasteiger partial charge is 1.00 e. The number of aromatic nitrogens is 1. The number of nitrogens with one attached hydrogen (secondary N) is 1. The normalized spacial score (nSPS) is 16.1. The van der Waals surface area contributed by atoms with Crippen LogP contribution in [-0.2, 0) is 34.2 Å². The van der Waals surface area contributed by atoms with Gasteiger partial charge in [0.25, 0.3) is 0 Å². The second-order valence-electron chi connectivity index (χ2n) is 7.61. The molecular formula is C22H25N2NaO4S. The fraction of sp³-hybridized carbons (Fsp3) is 0.318. The second kappa shape index (κ2) is 9.24. The van der Waals surface area contributed by atoms with Crippen molar-refractivity contribution in [3.8, 4) is 0 Å². The molecule has 1 atom stereocenters. The van der Waals surface area contributed by atoms with Gasteiger partial charge in [-0.3, -0.25) is 4.79 Å². The summed E-state index contributed by atoms with van der Waals surface area (Å²) < 4.78 is 30.5. The second-order valence-corrected chi connectivity index (χ2v) is 9.33. The number of para-hydroxylation sites is 1. The Hall–Kier alpha value is -1.64. The zero-order valence-electron chi connectivity index (χ0n) is 18.3. The first-order chi connectivity index (χ1) is 13.8. The van der Waals surface area contributed by atoms with Crippen LogP contribution >= 0.6 is 0 Å². The SMILES string of the molecule is Cc1ccc(S(=O)(=O)NC2CCc3c(c4ccccc4n3CCC(=O)O)C2)cc1.[H-].[Na+]. The molecule has 1 heterocycles. The van der Waals surface area contributed by atoms with Crippen molar-refractivity contribution in [2.45, 2.75) is 50.1 Å². The van der Waals surface area contributed by atoms with Gasteiger partial charge in [0.05, 0.1) is 11.3 Å².